The molecule has 4 aliphatic rings. The molecule has 122 valence electrons. The molecule has 0 radical (unpaired) electrons. The van der Waals surface area contributed by atoms with Crippen LogP contribution in [0.3, 0.4) is 0 Å². The molecule has 0 aromatic heterocycles. The number of aliphatic hydroxyl groups is 1. The molecule has 3 fully saturated rings. The summed E-state index contributed by atoms with van der Waals surface area (Å²) in [6.45, 7) is 2.32. The molecule has 0 heterocycles. The lowest BCUT2D eigenvalue weighted by molar-refractivity contribution is -0.111. The average molecular weight is 310 g/mol. The normalized spacial score (nSPS) is 48.0. The minimum Gasteiger partial charge on any atom is -0.393 e. The summed E-state index contributed by atoms with van der Waals surface area (Å²) in [6.07, 6.45) is 18.3. The number of fused-ring (bicyclic) bond motifs is 5. The molecule has 4 rings (SSSR count). The molecular formula is C21H26O2. The molecular weight excluding hydrogens is 284 g/mol. The molecule has 0 aromatic carbocycles. The molecule has 3 saturated carbocycles. The smallest absolute Gasteiger partial charge is 0.178 e. The summed E-state index contributed by atoms with van der Waals surface area (Å²) in [4.78, 5) is 11.8. The SMILES string of the molecule is C#CC[C@]12CC[C@H]3[C@@H](CCC4=CC(=O)C=C[C@@]43C)[C@@H]1CC[C@@H]2O. The predicted molar refractivity (Wildman–Crippen MR) is 90.4 cm³/mol. The first-order valence-electron chi connectivity index (χ1n) is 9.07. The van der Waals surface area contributed by atoms with Gasteiger partial charge in [0.2, 0.25) is 0 Å². The Morgan fingerprint density at radius 2 is 2.13 bits per heavy atom. The van der Waals surface area contributed by atoms with Crippen molar-refractivity contribution >= 4 is 5.78 Å². The van der Waals surface area contributed by atoms with Gasteiger partial charge in [0.25, 0.3) is 0 Å². The maximum Gasteiger partial charge on any atom is 0.178 e. The van der Waals surface area contributed by atoms with E-state index in [0.29, 0.717) is 17.8 Å². The highest BCUT2D eigenvalue weighted by molar-refractivity contribution is 6.01. The van der Waals surface area contributed by atoms with Gasteiger partial charge in [0.1, 0.15) is 0 Å². The second-order valence-electron chi connectivity index (χ2n) is 8.35. The number of carbonyl (C=O) groups excluding carboxylic acids is 1. The fourth-order valence-corrected chi connectivity index (χ4v) is 6.51. The van der Waals surface area contributed by atoms with Gasteiger partial charge in [-0.25, -0.2) is 0 Å². The van der Waals surface area contributed by atoms with E-state index >= 15 is 0 Å². The van der Waals surface area contributed by atoms with Crippen LogP contribution in [0.2, 0.25) is 0 Å². The van der Waals surface area contributed by atoms with Crippen LogP contribution in [0.25, 0.3) is 0 Å². The van der Waals surface area contributed by atoms with Gasteiger partial charge in [0.05, 0.1) is 6.10 Å². The summed E-state index contributed by atoms with van der Waals surface area (Å²) in [5.41, 5.74) is 1.32. The molecule has 0 aromatic rings. The molecule has 23 heavy (non-hydrogen) atoms. The molecule has 1 N–H and O–H groups in total. The van der Waals surface area contributed by atoms with Crippen LogP contribution in [0.1, 0.15) is 51.9 Å². The quantitative estimate of drug-likeness (QED) is 0.751. The first kappa shape index (κ1) is 15.2. The zero-order valence-corrected chi connectivity index (χ0v) is 13.9. The second kappa shape index (κ2) is 5.08. The number of allylic oxidation sites excluding steroid dienone is 4. The number of ketones is 1. The lowest BCUT2D eigenvalue weighted by Gasteiger charge is -2.57. The summed E-state index contributed by atoms with van der Waals surface area (Å²) in [5, 5.41) is 10.7. The van der Waals surface area contributed by atoms with E-state index in [-0.39, 0.29) is 22.7 Å². The van der Waals surface area contributed by atoms with Crippen molar-refractivity contribution in [1.82, 2.24) is 0 Å². The van der Waals surface area contributed by atoms with Crippen LogP contribution >= 0.6 is 0 Å². The van der Waals surface area contributed by atoms with Crippen molar-refractivity contribution < 1.29 is 9.90 Å². The number of aliphatic hydroxyl groups excluding tert-OH is 1. The Kier molecular flexibility index (Phi) is 3.36. The second-order valence-corrected chi connectivity index (χ2v) is 8.35. The first-order valence-corrected chi connectivity index (χ1v) is 9.07. The fourth-order valence-electron chi connectivity index (χ4n) is 6.51. The van der Waals surface area contributed by atoms with Crippen molar-refractivity contribution in [3.05, 3.63) is 23.8 Å². The predicted octanol–water partition coefficient (Wildman–Crippen LogP) is 3.66. The number of hydrogen-bond acceptors (Lipinski definition) is 2. The van der Waals surface area contributed by atoms with Gasteiger partial charge in [-0.15, -0.1) is 12.3 Å². The number of terminal acetylenes is 1. The molecule has 0 aliphatic heterocycles. The molecule has 0 amide bonds. The van der Waals surface area contributed by atoms with Crippen molar-refractivity contribution in [2.45, 2.75) is 58.0 Å². The van der Waals surface area contributed by atoms with E-state index in [1.54, 1.807) is 6.08 Å². The van der Waals surface area contributed by atoms with E-state index in [9.17, 15) is 9.90 Å². The summed E-state index contributed by atoms with van der Waals surface area (Å²) in [5.74, 6) is 4.79. The fraction of sp³-hybridized carbons (Fsp3) is 0.667. The Morgan fingerprint density at radius 1 is 1.30 bits per heavy atom. The van der Waals surface area contributed by atoms with E-state index < -0.39 is 0 Å². The summed E-state index contributed by atoms with van der Waals surface area (Å²) < 4.78 is 0. The zero-order valence-electron chi connectivity index (χ0n) is 13.9. The summed E-state index contributed by atoms with van der Waals surface area (Å²) in [6, 6.07) is 0. The van der Waals surface area contributed by atoms with Crippen LogP contribution in [0, 0.1) is 40.9 Å². The Bertz CT molecular complexity index is 637. The van der Waals surface area contributed by atoms with Gasteiger partial charge >= 0.3 is 0 Å². The highest BCUT2D eigenvalue weighted by atomic mass is 16.3. The summed E-state index contributed by atoms with van der Waals surface area (Å²) in [7, 11) is 0. The third kappa shape index (κ3) is 1.96. The van der Waals surface area contributed by atoms with Gasteiger partial charge in [0, 0.05) is 17.3 Å². The largest absolute Gasteiger partial charge is 0.393 e. The van der Waals surface area contributed by atoms with Crippen LogP contribution in [-0.4, -0.2) is 17.0 Å². The average Bonchev–Trinajstić information content (AvgIpc) is 2.86. The minimum absolute atomic E-state index is 0.0344. The number of rotatable bonds is 1. The van der Waals surface area contributed by atoms with Crippen LogP contribution < -0.4 is 0 Å². The van der Waals surface area contributed by atoms with E-state index in [1.807, 2.05) is 6.08 Å². The third-order valence-electron chi connectivity index (χ3n) is 7.66. The Morgan fingerprint density at radius 3 is 2.91 bits per heavy atom. The molecule has 2 nitrogen and oxygen atoms in total. The molecule has 4 aliphatic carbocycles. The molecule has 2 heteroatoms. The van der Waals surface area contributed by atoms with Gasteiger partial charge in [-0.3, -0.25) is 4.79 Å². The molecule has 0 unspecified atom stereocenters. The molecule has 6 atom stereocenters. The lowest BCUT2D eigenvalue weighted by Crippen LogP contribution is -2.51. The van der Waals surface area contributed by atoms with Gasteiger partial charge in [-0.2, -0.15) is 0 Å². The van der Waals surface area contributed by atoms with Crippen molar-refractivity contribution in [2.75, 3.05) is 0 Å². The van der Waals surface area contributed by atoms with E-state index in [4.69, 9.17) is 6.42 Å². The third-order valence-corrected chi connectivity index (χ3v) is 7.66. The Balaban J connectivity index is 1.70. The maximum absolute atomic E-state index is 11.8. The van der Waals surface area contributed by atoms with E-state index in [0.717, 1.165) is 44.9 Å². The molecule has 0 saturated heterocycles. The highest BCUT2D eigenvalue weighted by Gasteiger charge is 2.59. The van der Waals surface area contributed by atoms with Gasteiger partial charge < -0.3 is 5.11 Å². The molecule has 0 spiro atoms. The number of hydrogen-bond donors (Lipinski definition) is 1. The number of carbonyl (C=O) groups is 1. The minimum atomic E-state index is -0.224. The van der Waals surface area contributed by atoms with Crippen molar-refractivity contribution in [2.24, 2.45) is 28.6 Å². The van der Waals surface area contributed by atoms with E-state index in [1.165, 1.54) is 5.57 Å². The van der Waals surface area contributed by atoms with Crippen molar-refractivity contribution in [3.8, 4) is 12.3 Å². The summed E-state index contributed by atoms with van der Waals surface area (Å²) >= 11 is 0. The van der Waals surface area contributed by atoms with Crippen LogP contribution in [0.5, 0.6) is 0 Å². The maximum atomic E-state index is 11.8. The van der Waals surface area contributed by atoms with Crippen LogP contribution in [-0.2, 0) is 4.79 Å². The van der Waals surface area contributed by atoms with Gasteiger partial charge in [0.15, 0.2) is 5.78 Å². The topological polar surface area (TPSA) is 37.3 Å². The lowest BCUT2D eigenvalue weighted by atomic mass is 9.47. The van der Waals surface area contributed by atoms with Gasteiger partial charge in [-0.1, -0.05) is 18.6 Å². The van der Waals surface area contributed by atoms with Crippen LogP contribution in [0.4, 0.5) is 0 Å². The van der Waals surface area contributed by atoms with Crippen molar-refractivity contribution in [3.63, 3.8) is 0 Å². The van der Waals surface area contributed by atoms with Crippen molar-refractivity contribution in [1.29, 1.82) is 0 Å². The Labute approximate surface area is 139 Å². The van der Waals surface area contributed by atoms with Gasteiger partial charge in [-0.05, 0) is 68.4 Å². The zero-order chi connectivity index (χ0) is 16.2. The standard InChI is InChI=1S/C21H26O2/c1-3-10-21-12-9-17-16(18(21)6-7-19(21)23)5-4-14-13-15(22)8-11-20(14,17)2/h1,8,11,13,16-19,23H,4-7,9-10,12H2,2H3/t16-,17+,18+,19+,20+,21+/m1/s1. The monoisotopic (exact) mass is 310 g/mol. The van der Waals surface area contributed by atoms with Crippen LogP contribution in [0.15, 0.2) is 23.8 Å². The van der Waals surface area contributed by atoms with E-state index in [2.05, 4.69) is 18.9 Å². The molecule has 0 bridgehead atoms. The highest BCUT2D eigenvalue weighted by Crippen LogP contribution is 2.65. The Hall–Kier alpha value is -1.33. The first-order chi connectivity index (χ1) is 11.0.